The number of nitrogens with one attached hydrogen (secondary N) is 3. The van der Waals surface area contributed by atoms with Crippen molar-refractivity contribution in [3.8, 4) is 11.5 Å². The van der Waals surface area contributed by atoms with Crippen LogP contribution in [0.4, 0.5) is 16.2 Å². The second-order valence-corrected chi connectivity index (χ2v) is 7.83. The number of rotatable bonds is 10. The minimum atomic E-state index is -0.432. The number of urea groups is 1. The summed E-state index contributed by atoms with van der Waals surface area (Å²) in [6.07, 6.45) is 1.90. The summed E-state index contributed by atoms with van der Waals surface area (Å²) in [6.45, 7) is 1.57. The Bertz CT molecular complexity index is 1040. The van der Waals surface area contributed by atoms with E-state index in [1.165, 1.54) is 0 Å². The van der Waals surface area contributed by atoms with Gasteiger partial charge >= 0.3 is 6.03 Å². The Morgan fingerprint density at radius 2 is 1.45 bits per heavy atom. The predicted molar refractivity (Wildman–Crippen MR) is 132 cm³/mol. The van der Waals surface area contributed by atoms with Gasteiger partial charge in [0.1, 0.15) is 11.5 Å². The molecule has 7 heteroatoms. The number of nitrogens with zero attached hydrogens (tertiary/aromatic N) is 1. The predicted octanol–water partition coefficient (Wildman–Crippen LogP) is 5.19. The second-order valence-electron chi connectivity index (χ2n) is 7.83. The summed E-state index contributed by atoms with van der Waals surface area (Å²) < 4.78 is 5.76. The van der Waals surface area contributed by atoms with Gasteiger partial charge in [0.05, 0.1) is 11.3 Å². The van der Waals surface area contributed by atoms with E-state index in [1.807, 2.05) is 44.4 Å². The molecule has 3 aromatic rings. The van der Waals surface area contributed by atoms with Gasteiger partial charge in [0.15, 0.2) is 0 Å². The van der Waals surface area contributed by atoms with Crippen LogP contribution in [0.1, 0.15) is 23.2 Å². The molecule has 3 rings (SSSR count). The number of amides is 3. The first kappa shape index (κ1) is 23.8. The Labute approximate surface area is 194 Å². The highest BCUT2D eigenvalue weighted by Crippen LogP contribution is 2.23. The molecule has 0 aliphatic rings. The molecule has 0 unspecified atom stereocenters. The summed E-state index contributed by atoms with van der Waals surface area (Å²) in [6, 6.07) is 23.1. The van der Waals surface area contributed by atoms with Crippen molar-refractivity contribution in [2.45, 2.75) is 12.8 Å². The normalized spacial score (nSPS) is 10.5. The summed E-state index contributed by atoms with van der Waals surface area (Å²) in [7, 11) is 4.05. The largest absolute Gasteiger partial charge is 0.457 e. The van der Waals surface area contributed by atoms with Gasteiger partial charge in [-0.2, -0.15) is 0 Å². The lowest BCUT2D eigenvalue weighted by atomic mass is 10.1. The van der Waals surface area contributed by atoms with E-state index in [4.69, 9.17) is 4.74 Å². The van der Waals surface area contributed by atoms with Gasteiger partial charge in [-0.25, -0.2) is 4.79 Å². The highest BCUT2D eigenvalue weighted by molar-refractivity contribution is 6.06. The molecule has 33 heavy (non-hydrogen) atoms. The molecule has 172 valence electrons. The van der Waals surface area contributed by atoms with Crippen molar-refractivity contribution in [3.05, 3.63) is 84.4 Å². The van der Waals surface area contributed by atoms with Crippen molar-refractivity contribution < 1.29 is 14.3 Å². The van der Waals surface area contributed by atoms with Gasteiger partial charge < -0.3 is 25.6 Å². The van der Waals surface area contributed by atoms with E-state index in [0.29, 0.717) is 29.2 Å². The minimum absolute atomic E-state index is 0.210. The fourth-order valence-corrected chi connectivity index (χ4v) is 3.16. The molecule has 0 bridgehead atoms. The highest BCUT2D eigenvalue weighted by Gasteiger charge is 2.13. The first-order valence-electron chi connectivity index (χ1n) is 10.9. The number of hydrogen-bond donors (Lipinski definition) is 3. The summed E-state index contributed by atoms with van der Waals surface area (Å²) in [5, 5.41) is 8.46. The van der Waals surface area contributed by atoms with E-state index in [-0.39, 0.29) is 5.91 Å². The Balaban J connectivity index is 1.52. The second kappa shape index (κ2) is 12.3. The topological polar surface area (TPSA) is 82.7 Å². The number of hydrogen-bond acceptors (Lipinski definition) is 4. The molecule has 0 aliphatic carbocycles. The molecule has 0 saturated heterocycles. The van der Waals surface area contributed by atoms with Gasteiger partial charge in [-0.15, -0.1) is 0 Å². The van der Waals surface area contributed by atoms with E-state index in [2.05, 4.69) is 20.9 Å². The van der Waals surface area contributed by atoms with E-state index in [0.717, 1.165) is 25.1 Å². The van der Waals surface area contributed by atoms with Gasteiger partial charge in [-0.05, 0) is 82.0 Å². The van der Waals surface area contributed by atoms with Crippen LogP contribution in [0.15, 0.2) is 78.9 Å². The van der Waals surface area contributed by atoms with Crippen molar-refractivity contribution in [1.82, 2.24) is 10.2 Å². The van der Waals surface area contributed by atoms with Crippen LogP contribution in [0, 0.1) is 0 Å². The number of para-hydroxylation sites is 2. The molecule has 0 fully saturated rings. The number of carbonyl (C=O) groups excluding carboxylic acids is 2. The zero-order valence-electron chi connectivity index (χ0n) is 19.0. The Morgan fingerprint density at radius 3 is 2.18 bits per heavy atom. The molecule has 3 amide bonds. The standard InChI is InChI=1S/C26H30N4O3/c1-30(2)19-9-8-18-27-25(31)23-12-6-7-13-24(23)29-26(32)28-20-14-16-22(17-15-20)33-21-10-4-3-5-11-21/h3-7,10-17H,8-9,18-19H2,1-2H3,(H,27,31)(H2,28,29,32). The molecule has 0 aromatic heterocycles. The molecular weight excluding hydrogens is 416 g/mol. The molecule has 0 aliphatic heterocycles. The maximum Gasteiger partial charge on any atom is 0.323 e. The van der Waals surface area contributed by atoms with Crippen LogP contribution in [0.25, 0.3) is 0 Å². The molecule has 3 aromatic carbocycles. The third kappa shape index (κ3) is 7.97. The summed E-state index contributed by atoms with van der Waals surface area (Å²) in [5.41, 5.74) is 1.48. The number of ether oxygens (including phenoxy) is 1. The van der Waals surface area contributed by atoms with Crippen LogP contribution < -0.4 is 20.7 Å². The minimum Gasteiger partial charge on any atom is -0.457 e. The molecule has 0 heterocycles. The highest BCUT2D eigenvalue weighted by atomic mass is 16.5. The lowest BCUT2D eigenvalue weighted by Crippen LogP contribution is -2.27. The van der Waals surface area contributed by atoms with E-state index in [9.17, 15) is 9.59 Å². The number of anilines is 2. The number of unbranched alkanes of at least 4 members (excludes halogenated alkanes) is 1. The van der Waals surface area contributed by atoms with E-state index < -0.39 is 6.03 Å². The molecule has 0 atom stereocenters. The van der Waals surface area contributed by atoms with Crippen LogP contribution in [-0.2, 0) is 0 Å². The van der Waals surface area contributed by atoms with Crippen molar-refractivity contribution in [2.75, 3.05) is 37.8 Å². The van der Waals surface area contributed by atoms with E-state index >= 15 is 0 Å². The Morgan fingerprint density at radius 1 is 0.788 bits per heavy atom. The van der Waals surface area contributed by atoms with Crippen molar-refractivity contribution in [1.29, 1.82) is 0 Å². The first-order chi connectivity index (χ1) is 16.0. The average Bonchev–Trinajstić information content (AvgIpc) is 2.81. The number of benzene rings is 3. The Hall–Kier alpha value is -3.84. The van der Waals surface area contributed by atoms with Gasteiger partial charge in [-0.3, -0.25) is 4.79 Å². The van der Waals surface area contributed by atoms with Gasteiger partial charge in [0.2, 0.25) is 0 Å². The molecule has 3 N–H and O–H groups in total. The fraction of sp³-hybridized carbons (Fsp3) is 0.231. The van der Waals surface area contributed by atoms with Crippen LogP contribution in [0.5, 0.6) is 11.5 Å². The fourth-order valence-electron chi connectivity index (χ4n) is 3.16. The average molecular weight is 447 g/mol. The summed E-state index contributed by atoms with van der Waals surface area (Å²) in [5.74, 6) is 1.20. The quantitative estimate of drug-likeness (QED) is 0.374. The molecular formula is C26H30N4O3. The van der Waals surface area contributed by atoms with Crippen LogP contribution in [0.2, 0.25) is 0 Å². The van der Waals surface area contributed by atoms with Crippen molar-refractivity contribution >= 4 is 23.3 Å². The zero-order chi connectivity index (χ0) is 23.5. The third-order valence-corrected chi connectivity index (χ3v) is 4.83. The van der Waals surface area contributed by atoms with Crippen LogP contribution in [0.3, 0.4) is 0 Å². The summed E-state index contributed by atoms with van der Waals surface area (Å²) >= 11 is 0. The monoisotopic (exact) mass is 446 g/mol. The van der Waals surface area contributed by atoms with Gasteiger partial charge in [-0.1, -0.05) is 30.3 Å². The maximum absolute atomic E-state index is 12.6. The van der Waals surface area contributed by atoms with Crippen molar-refractivity contribution in [2.24, 2.45) is 0 Å². The van der Waals surface area contributed by atoms with Crippen LogP contribution >= 0.6 is 0 Å². The van der Waals surface area contributed by atoms with Gasteiger partial charge in [0, 0.05) is 12.2 Å². The van der Waals surface area contributed by atoms with Crippen molar-refractivity contribution in [3.63, 3.8) is 0 Å². The third-order valence-electron chi connectivity index (χ3n) is 4.83. The van der Waals surface area contributed by atoms with Crippen LogP contribution in [-0.4, -0.2) is 44.0 Å². The Kier molecular flexibility index (Phi) is 8.85. The van der Waals surface area contributed by atoms with E-state index in [1.54, 1.807) is 48.5 Å². The lowest BCUT2D eigenvalue weighted by Gasteiger charge is -2.13. The number of carbonyl (C=O) groups is 2. The first-order valence-corrected chi connectivity index (χ1v) is 10.9. The molecule has 7 nitrogen and oxygen atoms in total. The lowest BCUT2D eigenvalue weighted by molar-refractivity contribution is 0.0953. The molecule has 0 radical (unpaired) electrons. The molecule has 0 spiro atoms. The maximum atomic E-state index is 12.6. The van der Waals surface area contributed by atoms with Gasteiger partial charge in [0.25, 0.3) is 5.91 Å². The smallest absolute Gasteiger partial charge is 0.323 e. The molecule has 0 saturated carbocycles. The SMILES string of the molecule is CN(C)CCCCNC(=O)c1ccccc1NC(=O)Nc1ccc(Oc2ccccc2)cc1. The summed E-state index contributed by atoms with van der Waals surface area (Å²) in [4.78, 5) is 27.2. The zero-order valence-corrected chi connectivity index (χ0v) is 19.0.